The number of nitrogens with one attached hydrogen (secondary N) is 1. The minimum atomic E-state index is 0.466. The van der Waals surface area contributed by atoms with Crippen LogP contribution in [-0.2, 0) is 0 Å². The molecule has 1 aromatic rings. The van der Waals surface area contributed by atoms with Crippen LogP contribution >= 0.6 is 11.5 Å². The SMILES string of the molecule is CCC1CCC(C(NC)c2snnc2C)CC1. The van der Waals surface area contributed by atoms with E-state index in [0.29, 0.717) is 6.04 Å². The van der Waals surface area contributed by atoms with E-state index >= 15 is 0 Å². The lowest BCUT2D eigenvalue weighted by molar-refractivity contribution is 0.225. The third kappa shape index (κ3) is 2.86. The zero-order chi connectivity index (χ0) is 12.3. The van der Waals surface area contributed by atoms with Gasteiger partial charge in [-0.1, -0.05) is 30.7 Å². The van der Waals surface area contributed by atoms with E-state index in [1.807, 2.05) is 0 Å². The van der Waals surface area contributed by atoms with Gasteiger partial charge in [0.2, 0.25) is 0 Å². The third-order valence-corrected chi connectivity index (χ3v) is 5.13. The summed E-state index contributed by atoms with van der Waals surface area (Å²) < 4.78 is 4.07. The Morgan fingerprint density at radius 3 is 2.53 bits per heavy atom. The Morgan fingerprint density at radius 2 is 2.06 bits per heavy atom. The van der Waals surface area contributed by atoms with E-state index in [9.17, 15) is 0 Å². The first-order valence-electron chi connectivity index (χ1n) is 6.72. The van der Waals surface area contributed by atoms with Crippen LogP contribution in [-0.4, -0.2) is 16.6 Å². The number of rotatable bonds is 4. The maximum absolute atomic E-state index is 4.14. The molecule has 0 bridgehead atoms. The molecule has 2 rings (SSSR count). The quantitative estimate of drug-likeness (QED) is 0.894. The minimum Gasteiger partial charge on any atom is -0.312 e. The van der Waals surface area contributed by atoms with Crippen molar-refractivity contribution in [3.8, 4) is 0 Å². The molecule has 0 aromatic carbocycles. The van der Waals surface area contributed by atoms with Crippen molar-refractivity contribution in [1.29, 1.82) is 0 Å². The van der Waals surface area contributed by atoms with Crippen molar-refractivity contribution in [3.63, 3.8) is 0 Å². The van der Waals surface area contributed by atoms with Crippen LogP contribution in [0.15, 0.2) is 0 Å². The number of hydrogen-bond donors (Lipinski definition) is 1. The summed E-state index contributed by atoms with van der Waals surface area (Å²) in [5.41, 5.74) is 1.10. The van der Waals surface area contributed by atoms with E-state index in [0.717, 1.165) is 17.5 Å². The summed E-state index contributed by atoms with van der Waals surface area (Å²) in [6, 6.07) is 0.466. The van der Waals surface area contributed by atoms with Gasteiger partial charge in [0.05, 0.1) is 10.6 Å². The molecule has 4 heteroatoms. The lowest BCUT2D eigenvalue weighted by atomic mass is 9.77. The van der Waals surface area contributed by atoms with Crippen molar-refractivity contribution in [2.24, 2.45) is 11.8 Å². The molecule has 1 aliphatic carbocycles. The number of hydrogen-bond acceptors (Lipinski definition) is 4. The van der Waals surface area contributed by atoms with Crippen LogP contribution in [0, 0.1) is 18.8 Å². The Balaban J connectivity index is 2.03. The summed E-state index contributed by atoms with van der Waals surface area (Å²) in [7, 11) is 2.07. The van der Waals surface area contributed by atoms with Crippen LogP contribution in [0.1, 0.15) is 55.6 Å². The molecular formula is C13H23N3S. The van der Waals surface area contributed by atoms with E-state index in [1.54, 1.807) is 11.5 Å². The molecule has 3 nitrogen and oxygen atoms in total. The maximum Gasteiger partial charge on any atom is 0.0772 e. The van der Waals surface area contributed by atoms with Gasteiger partial charge in [0.15, 0.2) is 0 Å². The number of nitrogens with zero attached hydrogens (tertiary/aromatic N) is 2. The van der Waals surface area contributed by atoms with Gasteiger partial charge < -0.3 is 5.32 Å². The molecule has 0 saturated heterocycles. The summed E-state index contributed by atoms with van der Waals surface area (Å²) in [5.74, 6) is 1.73. The van der Waals surface area contributed by atoms with Gasteiger partial charge in [0, 0.05) is 6.04 Å². The van der Waals surface area contributed by atoms with Gasteiger partial charge in [-0.2, -0.15) is 0 Å². The average molecular weight is 253 g/mol. The molecule has 17 heavy (non-hydrogen) atoms. The molecule has 1 aromatic heterocycles. The van der Waals surface area contributed by atoms with Crippen LogP contribution in [0.4, 0.5) is 0 Å². The van der Waals surface area contributed by atoms with Crippen molar-refractivity contribution < 1.29 is 0 Å². The van der Waals surface area contributed by atoms with Crippen molar-refractivity contribution in [2.75, 3.05) is 7.05 Å². The van der Waals surface area contributed by atoms with Gasteiger partial charge >= 0.3 is 0 Å². The van der Waals surface area contributed by atoms with Crippen LogP contribution < -0.4 is 5.32 Å². The molecule has 96 valence electrons. The zero-order valence-corrected chi connectivity index (χ0v) is 11.9. The predicted molar refractivity (Wildman–Crippen MR) is 72.2 cm³/mol. The van der Waals surface area contributed by atoms with E-state index in [2.05, 4.69) is 35.8 Å². The van der Waals surface area contributed by atoms with E-state index in [1.165, 1.54) is 37.0 Å². The number of aryl methyl sites for hydroxylation is 1. The Morgan fingerprint density at radius 1 is 1.35 bits per heavy atom. The van der Waals surface area contributed by atoms with Gasteiger partial charge in [0.1, 0.15) is 0 Å². The number of aromatic nitrogens is 2. The molecule has 0 radical (unpaired) electrons. The smallest absolute Gasteiger partial charge is 0.0772 e. The molecule has 1 aliphatic rings. The zero-order valence-electron chi connectivity index (χ0n) is 11.1. The van der Waals surface area contributed by atoms with Crippen LogP contribution in [0.5, 0.6) is 0 Å². The van der Waals surface area contributed by atoms with E-state index in [4.69, 9.17) is 0 Å². The fourth-order valence-electron chi connectivity index (χ4n) is 3.03. The fraction of sp³-hybridized carbons (Fsp3) is 0.846. The van der Waals surface area contributed by atoms with Gasteiger partial charge in [-0.3, -0.25) is 0 Å². The average Bonchev–Trinajstić information content (AvgIpc) is 2.78. The second-order valence-corrected chi connectivity index (χ2v) is 5.96. The van der Waals surface area contributed by atoms with Gasteiger partial charge in [-0.25, -0.2) is 0 Å². The molecule has 1 N–H and O–H groups in total. The van der Waals surface area contributed by atoms with Crippen molar-refractivity contribution in [2.45, 2.75) is 52.0 Å². The lowest BCUT2D eigenvalue weighted by Gasteiger charge is -2.33. The Hall–Kier alpha value is -0.480. The fourth-order valence-corrected chi connectivity index (χ4v) is 3.88. The molecule has 0 amide bonds. The van der Waals surface area contributed by atoms with Crippen LogP contribution in [0.3, 0.4) is 0 Å². The van der Waals surface area contributed by atoms with Crippen molar-refractivity contribution in [3.05, 3.63) is 10.6 Å². The molecule has 1 unspecified atom stereocenters. The second-order valence-electron chi connectivity index (χ2n) is 5.18. The summed E-state index contributed by atoms with van der Waals surface area (Å²) in [5, 5.41) is 7.62. The predicted octanol–water partition coefficient (Wildman–Crippen LogP) is 3.32. The van der Waals surface area contributed by atoms with Gasteiger partial charge in [-0.05, 0) is 50.2 Å². The Bertz CT molecular complexity index is 342. The van der Waals surface area contributed by atoms with Crippen molar-refractivity contribution >= 4 is 11.5 Å². The third-order valence-electron chi connectivity index (χ3n) is 4.22. The molecule has 1 fully saturated rings. The highest BCUT2D eigenvalue weighted by Gasteiger charge is 2.29. The molecule has 1 atom stereocenters. The first kappa shape index (κ1) is 13.0. The molecular weight excluding hydrogens is 230 g/mol. The highest BCUT2D eigenvalue weighted by Crippen LogP contribution is 2.39. The highest BCUT2D eigenvalue weighted by atomic mass is 32.1. The van der Waals surface area contributed by atoms with Gasteiger partial charge in [-0.15, -0.1) is 5.10 Å². The minimum absolute atomic E-state index is 0.466. The molecule has 1 saturated carbocycles. The largest absolute Gasteiger partial charge is 0.312 e. The van der Waals surface area contributed by atoms with E-state index < -0.39 is 0 Å². The molecule has 0 aliphatic heterocycles. The summed E-state index contributed by atoms with van der Waals surface area (Å²) in [6.07, 6.45) is 6.83. The Kier molecular flexibility index (Phi) is 4.51. The summed E-state index contributed by atoms with van der Waals surface area (Å²) in [4.78, 5) is 1.34. The maximum atomic E-state index is 4.14. The summed E-state index contributed by atoms with van der Waals surface area (Å²) in [6.45, 7) is 4.39. The molecule has 1 heterocycles. The topological polar surface area (TPSA) is 37.8 Å². The Labute approximate surface area is 108 Å². The monoisotopic (exact) mass is 253 g/mol. The normalized spacial score (nSPS) is 27.0. The highest BCUT2D eigenvalue weighted by molar-refractivity contribution is 7.05. The molecule has 0 spiro atoms. The lowest BCUT2D eigenvalue weighted by Crippen LogP contribution is -2.28. The van der Waals surface area contributed by atoms with Crippen LogP contribution in [0.2, 0.25) is 0 Å². The standard InChI is InChI=1S/C13H23N3S/c1-4-10-5-7-11(8-6-10)12(14-3)13-9(2)15-16-17-13/h10-12,14H,4-8H2,1-3H3. The second kappa shape index (κ2) is 5.91. The van der Waals surface area contributed by atoms with Crippen LogP contribution in [0.25, 0.3) is 0 Å². The van der Waals surface area contributed by atoms with E-state index in [-0.39, 0.29) is 0 Å². The first-order valence-corrected chi connectivity index (χ1v) is 7.49. The first-order chi connectivity index (χ1) is 8.26. The van der Waals surface area contributed by atoms with Crippen molar-refractivity contribution in [1.82, 2.24) is 14.9 Å². The summed E-state index contributed by atoms with van der Waals surface area (Å²) >= 11 is 1.56. The van der Waals surface area contributed by atoms with Gasteiger partial charge in [0.25, 0.3) is 0 Å².